The van der Waals surface area contributed by atoms with Crippen molar-refractivity contribution in [1.29, 1.82) is 0 Å². The van der Waals surface area contributed by atoms with E-state index in [0.29, 0.717) is 0 Å². The number of rotatable bonds is 3. The van der Waals surface area contributed by atoms with Gasteiger partial charge in [-0.25, -0.2) is 0 Å². The van der Waals surface area contributed by atoms with Crippen LogP contribution in [0, 0.1) is 0 Å². The van der Waals surface area contributed by atoms with Gasteiger partial charge in [0.1, 0.15) is 0 Å². The maximum absolute atomic E-state index is 4.84. The van der Waals surface area contributed by atoms with E-state index >= 15 is 0 Å². The van der Waals surface area contributed by atoms with Gasteiger partial charge in [0.05, 0.1) is 0 Å². The number of nitrogens with zero attached hydrogens (tertiary/aromatic N) is 1. The van der Waals surface area contributed by atoms with Crippen molar-refractivity contribution in [2.75, 3.05) is 34.3 Å². The molecule has 9 heavy (non-hydrogen) atoms. The monoisotopic (exact) mass is 220 g/mol. The fraction of sp³-hybridized carbons (Fsp3) is 1.00. The molecule has 0 bridgehead atoms. The summed E-state index contributed by atoms with van der Waals surface area (Å²) in [5.74, 6) is 0. The average molecular weight is 220 g/mol. The van der Waals surface area contributed by atoms with Crippen molar-refractivity contribution < 1.29 is 8.30 Å². The minimum Gasteiger partial charge on any atom is -0.147 e. The van der Waals surface area contributed by atoms with Crippen LogP contribution in [0.3, 0.4) is 0 Å². The molecular formula is C5H15ClNOSe+. The zero-order valence-corrected chi connectivity index (χ0v) is 8.82. The molecule has 0 spiro atoms. The number of quaternary nitrogens is 1. The normalized spacial score (nSPS) is 10.7. The Balaban J connectivity index is 0. The Morgan fingerprint density at radius 2 is 1.78 bits per heavy atom. The summed E-state index contributed by atoms with van der Waals surface area (Å²) in [6.07, 6.45) is 0. The Hall–Kier alpha value is 0.729. The van der Waals surface area contributed by atoms with Gasteiger partial charge in [-0.2, -0.15) is 0 Å². The van der Waals surface area contributed by atoms with Crippen LogP contribution < -0.4 is 0 Å². The first kappa shape index (κ1) is 12.4. The zero-order chi connectivity index (χ0) is 6.62. The zero-order valence-electron chi connectivity index (χ0n) is 6.13. The molecule has 0 fully saturated rings. The molecule has 0 radical (unpaired) electrons. The van der Waals surface area contributed by atoms with Gasteiger partial charge < -0.3 is 0 Å². The first-order chi connectivity index (χ1) is 3.56. The Kier molecular flexibility index (Phi) is 7.60. The van der Waals surface area contributed by atoms with E-state index in [0.717, 1.165) is 17.6 Å². The minimum absolute atomic E-state index is 0. The maximum atomic E-state index is 4.84. The number of halogens is 1. The van der Waals surface area contributed by atoms with Crippen LogP contribution in [0.25, 0.3) is 0 Å². The SMILES string of the molecule is C[N+](C)(C)CCO[SeH].Cl. The van der Waals surface area contributed by atoms with Crippen LogP contribution >= 0.6 is 12.4 Å². The molecule has 0 heterocycles. The van der Waals surface area contributed by atoms with Gasteiger partial charge in [0.2, 0.25) is 0 Å². The standard InChI is InChI=1S/C5H13NOSe.ClH/c1-6(2,3)4-5-7-8;/h4-5H2,1-3H3;1H/p+1. The molecule has 0 rings (SSSR count). The smallest absolute Gasteiger partial charge is 0.147 e. The van der Waals surface area contributed by atoms with Gasteiger partial charge in [-0.3, -0.25) is 0 Å². The summed E-state index contributed by atoms with van der Waals surface area (Å²) in [5, 5.41) is 0. The Bertz CT molecular complexity index is 64.5. The van der Waals surface area contributed by atoms with E-state index < -0.39 is 0 Å². The van der Waals surface area contributed by atoms with Crippen molar-refractivity contribution in [3.63, 3.8) is 0 Å². The number of hydrogen-bond donors (Lipinski definition) is 0. The second-order valence-electron chi connectivity index (χ2n) is 2.85. The molecule has 0 aromatic carbocycles. The molecule has 0 amide bonds. The summed E-state index contributed by atoms with van der Waals surface area (Å²) in [7, 11) is 6.43. The Morgan fingerprint density at radius 1 is 1.33 bits per heavy atom. The number of likely N-dealkylation sites (N-methyl/N-ethyl adjacent to an activating group) is 1. The molecule has 0 aliphatic carbocycles. The van der Waals surface area contributed by atoms with Crippen LogP contribution in [0.4, 0.5) is 0 Å². The summed E-state index contributed by atoms with van der Waals surface area (Å²) < 4.78 is 5.81. The van der Waals surface area contributed by atoms with Crippen LogP contribution in [-0.4, -0.2) is 55.1 Å². The number of hydrogen-bond acceptors (Lipinski definition) is 1. The second kappa shape index (κ2) is 5.51. The van der Waals surface area contributed by atoms with Crippen molar-refractivity contribution in [1.82, 2.24) is 0 Å². The molecule has 0 unspecified atom stereocenters. The summed E-state index contributed by atoms with van der Waals surface area (Å²) >= 11 is 2.12. The quantitative estimate of drug-likeness (QED) is 0.478. The molecule has 4 heteroatoms. The van der Waals surface area contributed by atoms with Gasteiger partial charge in [-0.1, -0.05) is 0 Å². The minimum atomic E-state index is 0. The van der Waals surface area contributed by atoms with E-state index in [1.165, 1.54) is 0 Å². The van der Waals surface area contributed by atoms with E-state index in [1.807, 2.05) is 0 Å². The van der Waals surface area contributed by atoms with Crippen molar-refractivity contribution >= 4 is 28.7 Å². The van der Waals surface area contributed by atoms with Crippen LogP contribution in [0.1, 0.15) is 0 Å². The molecule has 58 valence electrons. The summed E-state index contributed by atoms with van der Waals surface area (Å²) in [6.45, 7) is 1.89. The van der Waals surface area contributed by atoms with Gasteiger partial charge in [0.25, 0.3) is 0 Å². The van der Waals surface area contributed by atoms with Crippen molar-refractivity contribution in [3.05, 3.63) is 0 Å². The van der Waals surface area contributed by atoms with Crippen molar-refractivity contribution in [3.8, 4) is 0 Å². The van der Waals surface area contributed by atoms with E-state index in [2.05, 4.69) is 37.5 Å². The molecule has 0 saturated carbocycles. The summed E-state index contributed by atoms with van der Waals surface area (Å²) in [5.41, 5.74) is 0. The summed E-state index contributed by atoms with van der Waals surface area (Å²) in [6, 6.07) is 0. The molecule has 0 aliphatic rings. The third-order valence-corrected chi connectivity index (χ3v) is 1.24. The molecular weight excluding hydrogens is 204 g/mol. The van der Waals surface area contributed by atoms with Crippen LogP contribution in [-0.2, 0) is 3.82 Å². The van der Waals surface area contributed by atoms with Crippen LogP contribution in [0.2, 0.25) is 0 Å². The molecule has 0 aromatic rings. The van der Waals surface area contributed by atoms with Crippen molar-refractivity contribution in [2.24, 2.45) is 0 Å². The maximum Gasteiger partial charge on any atom is -0.147 e. The van der Waals surface area contributed by atoms with Crippen molar-refractivity contribution in [2.45, 2.75) is 0 Å². The third-order valence-electron chi connectivity index (χ3n) is 0.853. The third kappa shape index (κ3) is 12.0. The first-order valence-corrected chi connectivity index (χ1v) is 3.40. The van der Waals surface area contributed by atoms with Crippen LogP contribution in [0.15, 0.2) is 0 Å². The Labute approximate surface area is 71.7 Å². The Morgan fingerprint density at radius 3 is 1.89 bits per heavy atom. The predicted molar refractivity (Wildman–Crippen MR) is 43.2 cm³/mol. The molecule has 0 atom stereocenters. The fourth-order valence-corrected chi connectivity index (χ4v) is 0.486. The van der Waals surface area contributed by atoms with E-state index in [9.17, 15) is 0 Å². The molecule has 0 N–H and O–H groups in total. The second-order valence-corrected chi connectivity index (χ2v) is 3.39. The van der Waals surface area contributed by atoms with E-state index in [4.69, 9.17) is 3.82 Å². The topological polar surface area (TPSA) is 9.23 Å². The van der Waals surface area contributed by atoms with Gasteiger partial charge in [-0.05, 0) is 0 Å². The average Bonchev–Trinajstić information content (AvgIpc) is 1.59. The molecule has 2 nitrogen and oxygen atoms in total. The predicted octanol–water partition coefficient (Wildman–Crippen LogP) is -0.0532. The first-order valence-electron chi connectivity index (χ1n) is 2.63. The van der Waals surface area contributed by atoms with E-state index in [1.54, 1.807) is 0 Å². The molecule has 0 aromatic heterocycles. The largest absolute Gasteiger partial charge is 0.147 e. The molecule has 0 aliphatic heterocycles. The summed E-state index contributed by atoms with van der Waals surface area (Å²) in [4.78, 5) is 0. The van der Waals surface area contributed by atoms with Gasteiger partial charge >= 0.3 is 58.9 Å². The van der Waals surface area contributed by atoms with Gasteiger partial charge in [-0.15, -0.1) is 12.4 Å². The fourth-order valence-electron chi connectivity index (χ4n) is 0.315. The van der Waals surface area contributed by atoms with Gasteiger partial charge in [0.15, 0.2) is 0 Å². The van der Waals surface area contributed by atoms with E-state index in [-0.39, 0.29) is 12.4 Å². The van der Waals surface area contributed by atoms with Gasteiger partial charge in [0, 0.05) is 0 Å². The van der Waals surface area contributed by atoms with Crippen LogP contribution in [0.5, 0.6) is 0 Å². The molecule has 0 saturated heterocycles.